The molecule has 0 radical (unpaired) electrons. The Labute approximate surface area is 159 Å². The van der Waals surface area contributed by atoms with E-state index in [1.807, 2.05) is 4.90 Å². The smallest absolute Gasteiger partial charge is 0.317 e. The maximum Gasteiger partial charge on any atom is 0.317 e. The average molecular weight is 370 g/mol. The molecule has 1 fully saturated rings. The van der Waals surface area contributed by atoms with Gasteiger partial charge in [-0.3, -0.25) is 4.90 Å². The molecule has 1 saturated heterocycles. The quantitative estimate of drug-likeness (QED) is 0.884. The van der Waals surface area contributed by atoms with Crippen LogP contribution in [-0.4, -0.2) is 35.5 Å². The van der Waals surface area contributed by atoms with Gasteiger partial charge in [0.2, 0.25) is 0 Å². The van der Waals surface area contributed by atoms with Crippen LogP contribution in [-0.2, 0) is 26.1 Å². The van der Waals surface area contributed by atoms with Crippen LogP contribution >= 0.6 is 11.3 Å². The molecule has 0 atom stereocenters. The van der Waals surface area contributed by atoms with Crippen LogP contribution in [0.15, 0.2) is 35.7 Å². The number of nitrogens with zero attached hydrogens (tertiary/aromatic N) is 2. The lowest BCUT2D eigenvalue weighted by Crippen LogP contribution is -2.42. The minimum Gasteiger partial charge on any atom is -0.334 e. The summed E-state index contributed by atoms with van der Waals surface area (Å²) in [5.74, 6) is 0. The summed E-state index contributed by atoms with van der Waals surface area (Å²) in [7, 11) is 0. The number of benzene rings is 1. The number of thiophene rings is 1. The normalized spacial score (nSPS) is 17.8. The fourth-order valence-corrected chi connectivity index (χ4v) is 4.84. The molecule has 4 nitrogen and oxygen atoms in total. The molecular formula is C21H27N3OS. The van der Waals surface area contributed by atoms with Crippen LogP contribution in [0.3, 0.4) is 0 Å². The maximum absolute atomic E-state index is 12.6. The number of urea groups is 1. The van der Waals surface area contributed by atoms with Crippen molar-refractivity contribution in [2.45, 2.75) is 45.3 Å². The number of piperidine rings is 1. The molecule has 2 aliphatic rings. The Kier molecular flexibility index (Phi) is 5.56. The molecule has 0 spiro atoms. The Balaban J connectivity index is 1.35. The second kappa shape index (κ2) is 8.23. The topological polar surface area (TPSA) is 35.6 Å². The number of likely N-dealkylation sites (tertiary alicyclic amines) is 1. The van der Waals surface area contributed by atoms with Crippen LogP contribution in [0.2, 0.25) is 0 Å². The first kappa shape index (κ1) is 17.6. The predicted octanol–water partition coefficient (Wildman–Crippen LogP) is 4.00. The summed E-state index contributed by atoms with van der Waals surface area (Å²) in [5, 5.41) is 5.27. The third kappa shape index (κ3) is 4.10. The lowest BCUT2D eigenvalue weighted by Gasteiger charge is -2.28. The Morgan fingerprint density at radius 3 is 2.69 bits per heavy atom. The van der Waals surface area contributed by atoms with Crippen molar-refractivity contribution < 1.29 is 4.79 Å². The number of carbonyl (C=O) groups is 1. The van der Waals surface area contributed by atoms with Gasteiger partial charge in [0, 0.05) is 31.1 Å². The standard InChI is InChI=1S/C21H27N3OS/c25-21(24-12-8-20-19(16-24)9-13-26-20)22-14-17-6-2-3-7-18(17)15-23-10-4-1-5-11-23/h2-3,6-7,9,13H,1,4-5,8,10-12,14-16H2,(H,22,25). The average Bonchev–Trinajstić information content (AvgIpc) is 3.16. The van der Waals surface area contributed by atoms with E-state index < -0.39 is 0 Å². The first-order chi connectivity index (χ1) is 12.8. The van der Waals surface area contributed by atoms with Gasteiger partial charge < -0.3 is 10.2 Å². The number of hydrogen-bond acceptors (Lipinski definition) is 3. The van der Waals surface area contributed by atoms with Gasteiger partial charge in [-0.05, 0) is 60.5 Å². The number of carbonyl (C=O) groups excluding carboxylic acids is 1. The molecule has 0 aliphatic carbocycles. The van der Waals surface area contributed by atoms with Crippen LogP contribution in [0.25, 0.3) is 0 Å². The maximum atomic E-state index is 12.6. The summed E-state index contributed by atoms with van der Waals surface area (Å²) in [6.07, 6.45) is 4.94. The monoisotopic (exact) mass is 369 g/mol. The molecule has 3 heterocycles. The van der Waals surface area contributed by atoms with E-state index in [4.69, 9.17) is 0 Å². The summed E-state index contributed by atoms with van der Waals surface area (Å²) in [6.45, 7) is 5.54. The van der Waals surface area contributed by atoms with Crippen LogP contribution in [0.1, 0.15) is 40.8 Å². The van der Waals surface area contributed by atoms with E-state index in [-0.39, 0.29) is 6.03 Å². The summed E-state index contributed by atoms with van der Waals surface area (Å²) in [6, 6.07) is 10.7. The largest absolute Gasteiger partial charge is 0.334 e. The molecule has 138 valence electrons. The lowest BCUT2D eigenvalue weighted by molar-refractivity contribution is 0.192. The Morgan fingerprint density at radius 2 is 1.85 bits per heavy atom. The SMILES string of the molecule is O=C(NCc1ccccc1CN1CCCCC1)N1CCc2sccc2C1. The lowest BCUT2D eigenvalue weighted by atomic mass is 10.0. The molecule has 2 aliphatic heterocycles. The van der Waals surface area contributed by atoms with Gasteiger partial charge >= 0.3 is 6.03 Å². The number of rotatable bonds is 4. The van der Waals surface area contributed by atoms with Gasteiger partial charge in [-0.2, -0.15) is 0 Å². The van der Waals surface area contributed by atoms with Crippen molar-refractivity contribution >= 4 is 17.4 Å². The van der Waals surface area contributed by atoms with Gasteiger partial charge in [0.1, 0.15) is 0 Å². The summed E-state index contributed by atoms with van der Waals surface area (Å²) in [5.41, 5.74) is 3.88. The molecule has 2 aromatic rings. The molecule has 0 saturated carbocycles. The molecule has 2 amide bonds. The van der Waals surface area contributed by atoms with E-state index in [1.165, 1.54) is 53.9 Å². The van der Waals surface area contributed by atoms with E-state index in [9.17, 15) is 4.79 Å². The first-order valence-corrected chi connectivity index (χ1v) is 10.5. The second-order valence-electron chi connectivity index (χ2n) is 7.30. The zero-order valence-electron chi connectivity index (χ0n) is 15.2. The highest BCUT2D eigenvalue weighted by molar-refractivity contribution is 7.10. The van der Waals surface area contributed by atoms with Gasteiger partial charge in [-0.1, -0.05) is 30.7 Å². The van der Waals surface area contributed by atoms with Crippen molar-refractivity contribution in [1.82, 2.24) is 15.1 Å². The fourth-order valence-electron chi connectivity index (χ4n) is 3.95. The van der Waals surface area contributed by atoms with E-state index in [0.29, 0.717) is 6.54 Å². The third-order valence-electron chi connectivity index (χ3n) is 5.49. The number of amides is 2. The van der Waals surface area contributed by atoms with Gasteiger partial charge in [-0.15, -0.1) is 11.3 Å². The Morgan fingerprint density at radius 1 is 1.04 bits per heavy atom. The molecule has 1 aromatic carbocycles. The minimum absolute atomic E-state index is 0.0506. The van der Waals surface area contributed by atoms with Crippen molar-refractivity contribution in [3.05, 3.63) is 57.3 Å². The van der Waals surface area contributed by atoms with E-state index in [0.717, 1.165) is 26.1 Å². The number of hydrogen-bond donors (Lipinski definition) is 1. The molecule has 1 aromatic heterocycles. The number of nitrogens with one attached hydrogen (secondary N) is 1. The minimum atomic E-state index is 0.0506. The van der Waals surface area contributed by atoms with Gasteiger partial charge in [0.15, 0.2) is 0 Å². The van der Waals surface area contributed by atoms with E-state index in [2.05, 4.69) is 45.9 Å². The highest BCUT2D eigenvalue weighted by Gasteiger charge is 2.21. The van der Waals surface area contributed by atoms with Crippen molar-refractivity contribution in [2.24, 2.45) is 0 Å². The molecular weight excluding hydrogens is 342 g/mol. The van der Waals surface area contributed by atoms with Gasteiger partial charge in [0.05, 0.1) is 0 Å². The van der Waals surface area contributed by atoms with Crippen molar-refractivity contribution in [2.75, 3.05) is 19.6 Å². The summed E-state index contributed by atoms with van der Waals surface area (Å²) in [4.78, 5) is 18.5. The molecule has 0 unspecified atom stereocenters. The molecule has 5 heteroatoms. The summed E-state index contributed by atoms with van der Waals surface area (Å²) < 4.78 is 0. The second-order valence-corrected chi connectivity index (χ2v) is 8.31. The van der Waals surface area contributed by atoms with Crippen molar-refractivity contribution in [3.8, 4) is 0 Å². The van der Waals surface area contributed by atoms with Crippen LogP contribution in [0.4, 0.5) is 4.79 Å². The van der Waals surface area contributed by atoms with Crippen LogP contribution in [0.5, 0.6) is 0 Å². The molecule has 0 bridgehead atoms. The Hall–Kier alpha value is -1.85. The van der Waals surface area contributed by atoms with Crippen molar-refractivity contribution in [3.63, 3.8) is 0 Å². The number of fused-ring (bicyclic) bond motifs is 1. The zero-order chi connectivity index (χ0) is 17.8. The third-order valence-corrected chi connectivity index (χ3v) is 6.51. The van der Waals surface area contributed by atoms with Crippen molar-refractivity contribution in [1.29, 1.82) is 0 Å². The van der Waals surface area contributed by atoms with Crippen LogP contribution in [0, 0.1) is 0 Å². The highest BCUT2D eigenvalue weighted by Crippen LogP contribution is 2.24. The van der Waals surface area contributed by atoms with Gasteiger partial charge in [-0.25, -0.2) is 4.79 Å². The van der Waals surface area contributed by atoms with E-state index >= 15 is 0 Å². The first-order valence-electron chi connectivity index (χ1n) is 9.67. The Bertz CT molecular complexity index is 751. The predicted molar refractivity (Wildman–Crippen MR) is 106 cm³/mol. The van der Waals surface area contributed by atoms with Gasteiger partial charge in [0.25, 0.3) is 0 Å². The van der Waals surface area contributed by atoms with E-state index in [1.54, 1.807) is 11.3 Å². The summed E-state index contributed by atoms with van der Waals surface area (Å²) >= 11 is 1.80. The molecule has 1 N–H and O–H groups in total. The van der Waals surface area contributed by atoms with Crippen LogP contribution < -0.4 is 5.32 Å². The fraction of sp³-hybridized carbons (Fsp3) is 0.476. The molecule has 26 heavy (non-hydrogen) atoms. The zero-order valence-corrected chi connectivity index (χ0v) is 16.1. The molecule has 4 rings (SSSR count). The highest BCUT2D eigenvalue weighted by atomic mass is 32.1.